The number of rotatable bonds is 11. The van der Waals surface area contributed by atoms with Gasteiger partial charge in [0.05, 0.1) is 24.8 Å². The molecule has 2 heterocycles. The van der Waals surface area contributed by atoms with Crippen LogP contribution < -0.4 is 10.1 Å². The molecule has 4 rings (SSSR count). The molecule has 1 saturated heterocycles. The summed E-state index contributed by atoms with van der Waals surface area (Å²) >= 11 is 0. The van der Waals surface area contributed by atoms with Gasteiger partial charge in [0.1, 0.15) is 12.0 Å². The van der Waals surface area contributed by atoms with Crippen molar-refractivity contribution in [2.45, 2.75) is 51.7 Å². The maximum Gasteiger partial charge on any atom is 0.416 e. The van der Waals surface area contributed by atoms with Crippen molar-refractivity contribution in [3.05, 3.63) is 83.1 Å². The van der Waals surface area contributed by atoms with Crippen LogP contribution in [0.15, 0.2) is 59.2 Å². The molecule has 0 bridgehead atoms. The number of alkyl halides is 3. The first-order chi connectivity index (χ1) is 17.8. The van der Waals surface area contributed by atoms with Gasteiger partial charge >= 0.3 is 6.18 Å². The molecule has 3 aromatic rings. The quantitative estimate of drug-likeness (QED) is 0.377. The molecule has 2 aromatic carbocycles. The number of amides is 1. The lowest BCUT2D eigenvalue weighted by Gasteiger charge is -2.22. The maximum atomic E-state index is 13.2. The highest BCUT2D eigenvalue weighted by atomic mass is 19.4. The minimum Gasteiger partial charge on any atom is -0.494 e. The van der Waals surface area contributed by atoms with Gasteiger partial charge < -0.3 is 19.2 Å². The van der Waals surface area contributed by atoms with Gasteiger partial charge in [0, 0.05) is 26.2 Å². The smallest absolute Gasteiger partial charge is 0.416 e. The fourth-order valence-electron chi connectivity index (χ4n) is 4.17. The Balaban J connectivity index is 1.46. The topological polar surface area (TPSA) is 76.8 Å². The Labute approximate surface area is 213 Å². The minimum absolute atomic E-state index is 0.00684. The van der Waals surface area contributed by atoms with Crippen LogP contribution in [-0.4, -0.2) is 41.7 Å². The number of carbonyl (C=O) groups is 1. The molecule has 1 aromatic heterocycles. The van der Waals surface area contributed by atoms with Crippen molar-refractivity contribution in [1.82, 2.24) is 15.2 Å². The van der Waals surface area contributed by atoms with E-state index in [0.29, 0.717) is 37.8 Å². The maximum absolute atomic E-state index is 13.2. The first-order valence-corrected chi connectivity index (χ1v) is 12.2. The summed E-state index contributed by atoms with van der Waals surface area (Å²) < 4.78 is 56.3. The van der Waals surface area contributed by atoms with Crippen molar-refractivity contribution >= 4 is 5.91 Å². The van der Waals surface area contributed by atoms with Crippen LogP contribution in [0.3, 0.4) is 0 Å². The Kier molecular flexibility index (Phi) is 8.83. The lowest BCUT2D eigenvalue weighted by molar-refractivity contribution is -0.137. The molecule has 7 nitrogen and oxygen atoms in total. The Morgan fingerprint density at radius 3 is 2.62 bits per heavy atom. The molecule has 198 valence electrons. The molecule has 0 spiro atoms. The summed E-state index contributed by atoms with van der Waals surface area (Å²) in [5, 5.41) is 2.80. The van der Waals surface area contributed by atoms with E-state index in [1.54, 1.807) is 6.07 Å². The summed E-state index contributed by atoms with van der Waals surface area (Å²) in [6.45, 7) is 4.39. The molecule has 1 amide bonds. The third-order valence-corrected chi connectivity index (χ3v) is 5.96. The van der Waals surface area contributed by atoms with E-state index in [1.165, 1.54) is 12.3 Å². The molecule has 0 saturated carbocycles. The van der Waals surface area contributed by atoms with Gasteiger partial charge in [-0.2, -0.15) is 13.2 Å². The van der Waals surface area contributed by atoms with E-state index in [4.69, 9.17) is 13.9 Å². The summed E-state index contributed by atoms with van der Waals surface area (Å²) in [6, 6.07) is 12.8. The van der Waals surface area contributed by atoms with Gasteiger partial charge in [-0.15, -0.1) is 0 Å². The molecule has 0 unspecified atom stereocenters. The highest BCUT2D eigenvalue weighted by Gasteiger charge is 2.30. The standard InChI is InChI=1S/C27H30F3N3O4/c1-2-35-22-10-8-19(9-11-22)15-33(16-20-5-3-6-21(13-20)27(28,29)30)17-25-32-24(18-37-25)26(34)31-14-23-7-4-12-36-23/h3,5-6,8-11,13,18,23H,2,4,7,12,14-17H2,1H3,(H,31,34)/t23-/m1/s1. The zero-order chi connectivity index (χ0) is 26.3. The van der Waals surface area contributed by atoms with Gasteiger partial charge in [0.15, 0.2) is 5.69 Å². The summed E-state index contributed by atoms with van der Waals surface area (Å²) in [7, 11) is 0. The monoisotopic (exact) mass is 517 g/mol. The van der Waals surface area contributed by atoms with Gasteiger partial charge in [-0.3, -0.25) is 9.69 Å². The number of carbonyl (C=O) groups excluding carboxylic acids is 1. The molecule has 0 radical (unpaired) electrons. The third kappa shape index (κ3) is 7.80. The van der Waals surface area contributed by atoms with Crippen molar-refractivity contribution in [2.24, 2.45) is 0 Å². The molecule has 1 atom stereocenters. The first kappa shape index (κ1) is 26.7. The van der Waals surface area contributed by atoms with E-state index < -0.39 is 11.7 Å². The van der Waals surface area contributed by atoms with Crippen LogP contribution >= 0.6 is 0 Å². The number of oxazole rings is 1. The molecule has 1 N–H and O–H groups in total. The number of halogens is 3. The second kappa shape index (κ2) is 12.2. The number of nitrogens with zero attached hydrogens (tertiary/aromatic N) is 2. The zero-order valence-electron chi connectivity index (χ0n) is 20.6. The SMILES string of the molecule is CCOc1ccc(CN(Cc2cccc(C(F)(F)F)c2)Cc2nc(C(=O)NC[C@H]3CCCO3)co2)cc1. The Hall–Kier alpha value is -3.37. The third-order valence-electron chi connectivity index (χ3n) is 5.96. The van der Waals surface area contributed by atoms with E-state index in [1.807, 2.05) is 36.1 Å². The van der Waals surface area contributed by atoms with E-state index in [2.05, 4.69) is 10.3 Å². The van der Waals surface area contributed by atoms with Crippen LogP contribution in [0.1, 0.15) is 52.8 Å². The van der Waals surface area contributed by atoms with E-state index in [0.717, 1.165) is 36.3 Å². The van der Waals surface area contributed by atoms with Gasteiger partial charge in [0.25, 0.3) is 5.91 Å². The van der Waals surface area contributed by atoms with Gasteiger partial charge in [0.2, 0.25) is 5.89 Å². The van der Waals surface area contributed by atoms with Gasteiger partial charge in [-0.1, -0.05) is 30.3 Å². The minimum atomic E-state index is -4.43. The second-order valence-electron chi connectivity index (χ2n) is 8.89. The van der Waals surface area contributed by atoms with E-state index in [9.17, 15) is 18.0 Å². The number of benzene rings is 2. The van der Waals surface area contributed by atoms with Crippen LogP contribution in [0.25, 0.3) is 0 Å². The summed E-state index contributed by atoms with van der Waals surface area (Å²) in [6.07, 6.45) is -1.25. The van der Waals surface area contributed by atoms with Crippen LogP contribution in [0.5, 0.6) is 5.75 Å². The molecular formula is C27H30F3N3O4. The lowest BCUT2D eigenvalue weighted by Crippen LogP contribution is -2.32. The molecule has 1 aliphatic heterocycles. The van der Waals surface area contributed by atoms with E-state index in [-0.39, 0.29) is 30.8 Å². The number of hydrogen-bond acceptors (Lipinski definition) is 6. The summed E-state index contributed by atoms with van der Waals surface area (Å²) in [4.78, 5) is 18.7. The summed E-state index contributed by atoms with van der Waals surface area (Å²) in [5.74, 6) is 0.670. The number of ether oxygens (including phenoxy) is 2. The van der Waals surface area contributed by atoms with Crippen LogP contribution in [-0.2, 0) is 30.5 Å². The Morgan fingerprint density at radius 2 is 1.92 bits per heavy atom. The number of aromatic nitrogens is 1. The summed E-state index contributed by atoms with van der Waals surface area (Å²) in [5.41, 5.74) is 0.888. The van der Waals surface area contributed by atoms with Crippen molar-refractivity contribution in [3.8, 4) is 5.75 Å². The largest absolute Gasteiger partial charge is 0.494 e. The fourth-order valence-corrected chi connectivity index (χ4v) is 4.17. The normalized spacial score (nSPS) is 15.8. The van der Waals surface area contributed by atoms with Crippen molar-refractivity contribution in [1.29, 1.82) is 0 Å². The average molecular weight is 518 g/mol. The molecule has 37 heavy (non-hydrogen) atoms. The van der Waals surface area contributed by atoms with Crippen LogP contribution in [0.2, 0.25) is 0 Å². The molecular weight excluding hydrogens is 487 g/mol. The lowest BCUT2D eigenvalue weighted by atomic mass is 10.1. The predicted molar refractivity (Wildman–Crippen MR) is 130 cm³/mol. The number of hydrogen-bond donors (Lipinski definition) is 1. The van der Waals surface area contributed by atoms with E-state index >= 15 is 0 Å². The number of nitrogens with one attached hydrogen (secondary N) is 1. The fraction of sp³-hybridized carbons (Fsp3) is 0.407. The molecule has 1 fully saturated rings. The second-order valence-corrected chi connectivity index (χ2v) is 8.89. The van der Waals surface area contributed by atoms with Crippen molar-refractivity contribution in [3.63, 3.8) is 0 Å². The Morgan fingerprint density at radius 1 is 1.14 bits per heavy atom. The average Bonchev–Trinajstić information content (AvgIpc) is 3.56. The van der Waals surface area contributed by atoms with Gasteiger partial charge in [-0.05, 0) is 49.1 Å². The predicted octanol–water partition coefficient (Wildman–Crippen LogP) is 5.20. The van der Waals surface area contributed by atoms with Gasteiger partial charge in [-0.25, -0.2) is 4.98 Å². The highest BCUT2D eigenvalue weighted by molar-refractivity contribution is 5.91. The molecule has 0 aliphatic carbocycles. The Bertz CT molecular complexity index is 1160. The molecule has 10 heteroatoms. The van der Waals surface area contributed by atoms with Crippen LogP contribution in [0, 0.1) is 0 Å². The van der Waals surface area contributed by atoms with Crippen molar-refractivity contribution < 1.29 is 31.9 Å². The zero-order valence-corrected chi connectivity index (χ0v) is 20.6. The van der Waals surface area contributed by atoms with Crippen LogP contribution in [0.4, 0.5) is 13.2 Å². The first-order valence-electron chi connectivity index (χ1n) is 12.2. The molecule has 1 aliphatic rings. The van der Waals surface area contributed by atoms with Crippen molar-refractivity contribution in [2.75, 3.05) is 19.8 Å². The highest BCUT2D eigenvalue weighted by Crippen LogP contribution is 2.30.